The molecule has 0 unspecified atom stereocenters. The molecule has 9 nitrogen and oxygen atoms in total. The first kappa shape index (κ1) is 18.7. The van der Waals surface area contributed by atoms with E-state index in [1.165, 1.54) is 16.6 Å². The van der Waals surface area contributed by atoms with Crippen molar-refractivity contribution in [2.75, 3.05) is 25.7 Å². The van der Waals surface area contributed by atoms with Gasteiger partial charge in [-0.1, -0.05) is 18.2 Å². The largest absolute Gasteiger partial charge is 0.494 e. The number of H-pyrrole nitrogens is 1. The van der Waals surface area contributed by atoms with E-state index < -0.39 is 5.56 Å². The van der Waals surface area contributed by atoms with Crippen molar-refractivity contribution in [3.8, 4) is 5.88 Å². The quantitative estimate of drug-likeness (QED) is 0.453. The Kier molecular flexibility index (Phi) is 5.28. The molecule has 0 bridgehead atoms. The van der Waals surface area contributed by atoms with Gasteiger partial charge in [-0.25, -0.2) is 0 Å². The second-order valence-corrected chi connectivity index (χ2v) is 6.10. The van der Waals surface area contributed by atoms with Gasteiger partial charge in [0.25, 0.3) is 11.5 Å². The predicted molar refractivity (Wildman–Crippen MR) is 103 cm³/mol. The third-order valence-electron chi connectivity index (χ3n) is 4.10. The number of carbonyl (C=O) groups excluding carboxylic acids is 1. The first-order valence-electron chi connectivity index (χ1n) is 7.99. The zero-order valence-electron chi connectivity index (χ0n) is 14.7. The number of fused-ring (bicyclic) bond motifs is 1. The highest BCUT2D eigenvalue weighted by Gasteiger charge is 2.31. The number of para-hydroxylation sites is 1. The number of aromatic nitrogens is 2. The van der Waals surface area contributed by atoms with Gasteiger partial charge in [0.2, 0.25) is 5.88 Å². The van der Waals surface area contributed by atoms with Crippen molar-refractivity contribution in [2.45, 2.75) is 6.54 Å². The van der Waals surface area contributed by atoms with Gasteiger partial charge >= 0.3 is 0 Å². The van der Waals surface area contributed by atoms with Crippen LogP contribution in [0.5, 0.6) is 5.88 Å². The molecule has 2 aromatic rings. The average molecular weight is 387 g/mol. The zero-order valence-corrected chi connectivity index (χ0v) is 15.5. The monoisotopic (exact) mass is 387 g/mol. The summed E-state index contributed by atoms with van der Waals surface area (Å²) in [5.41, 5.74) is 0.815. The number of aromatic hydroxyl groups is 1. The van der Waals surface area contributed by atoms with Crippen molar-refractivity contribution in [1.29, 1.82) is 0 Å². The number of likely N-dealkylation sites (N-methyl/N-ethyl adjacent to an activating group) is 1. The van der Waals surface area contributed by atoms with Gasteiger partial charge < -0.3 is 14.7 Å². The highest BCUT2D eigenvalue weighted by atomic mass is 32.1. The lowest BCUT2D eigenvalue weighted by Crippen LogP contribution is -2.25. The summed E-state index contributed by atoms with van der Waals surface area (Å²) in [6.07, 6.45) is 1.09. The molecule has 0 aliphatic carbocycles. The lowest BCUT2D eigenvalue weighted by atomic mass is 10.1. The second-order valence-electron chi connectivity index (χ2n) is 5.72. The summed E-state index contributed by atoms with van der Waals surface area (Å²) in [7, 11) is 3.16. The van der Waals surface area contributed by atoms with E-state index in [1.54, 1.807) is 25.2 Å². The number of ether oxygens (including phenoxy) is 1. The number of nitrogens with zero attached hydrogens (tertiary/aromatic N) is 4. The number of aromatic amines is 1. The lowest BCUT2D eigenvalue weighted by molar-refractivity contribution is -0.111. The maximum Gasteiger partial charge on any atom is 0.279 e. The van der Waals surface area contributed by atoms with Gasteiger partial charge in [-0.15, -0.1) is 5.10 Å². The van der Waals surface area contributed by atoms with Gasteiger partial charge in [0.05, 0.1) is 25.1 Å². The predicted octanol–water partition coefficient (Wildman–Crippen LogP) is 1.06. The van der Waals surface area contributed by atoms with Crippen LogP contribution in [0.3, 0.4) is 0 Å². The fraction of sp³-hybridized carbons (Fsp3) is 0.235. The number of hydrogen-bond donors (Lipinski definition) is 2. The van der Waals surface area contributed by atoms with Crippen molar-refractivity contribution in [2.24, 2.45) is 10.2 Å². The van der Waals surface area contributed by atoms with Crippen molar-refractivity contribution >= 4 is 35.7 Å². The minimum Gasteiger partial charge on any atom is -0.494 e. The molecule has 1 aromatic heterocycles. The molecule has 27 heavy (non-hydrogen) atoms. The Bertz CT molecular complexity index is 1070. The fourth-order valence-corrected chi connectivity index (χ4v) is 2.94. The standard InChI is InChI=1S/C17H17N5O4S/c1-21-12-6-4-3-5-10(12)13(16(21)25)20-18-9-11-14(23)19-17(27)22(15(11)24)7-8-26-2/h3-6,9,24H,7-8H2,1-2H3,(H,19,23,27). The Morgan fingerprint density at radius 3 is 2.81 bits per heavy atom. The molecule has 0 atom stereocenters. The maximum atomic E-state index is 12.3. The van der Waals surface area contributed by atoms with Gasteiger partial charge in [-0.05, 0) is 18.3 Å². The Morgan fingerprint density at radius 2 is 2.07 bits per heavy atom. The van der Waals surface area contributed by atoms with Crippen molar-refractivity contribution in [3.05, 3.63) is 50.5 Å². The third kappa shape index (κ3) is 3.44. The van der Waals surface area contributed by atoms with Gasteiger partial charge in [0.15, 0.2) is 10.5 Å². The van der Waals surface area contributed by atoms with Crippen LogP contribution in [0.2, 0.25) is 0 Å². The second kappa shape index (κ2) is 7.64. The highest BCUT2D eigenvalue weighted by Crippen LogP contribution is 2.27. The van der Waals surface area contributed by atoms with Gasteiger partial charge in [-0.3, -0.25) is 19.1 Å². The molecular weight excluding hydrogens is 370 g/mol. The van der Waals surface area contributed by atoms with Crippen molar-refractivity contribution < 1.29 is 14.6 Å². The average Bonchev–Trinajstić information content (AvgIpc) is 2.89. The van der Waals surface area contributed by atoms with Crippen LogP contribution in [0, 0.1) is 4.77 Å². The summed E-state index contributed by atoms with van der Waals surface area (Å²) in [6.45, 7) is 0.550. The number of nitrogens with one attached hydrogen (secondary N) is 1. The third-order valence-corrected chi connectivity index (χ3v) is 4.42. The molecule has 140 valence electrons. The van der Waals surface area contributed by atoms with E-state index >= 15 is 0 Å². The molecule has 0 radical (unpaired) electrons. The van der Waals surface area contributed by atoms with Crippen LogP contribution in [0.25, 0.3) is 0 Å². The molecule has 1 aromatic carbocycles. The van der Waals surface area contributed by atoms with Crippen LogP contribution >= 0.6 is 12.2 Å². The van der Waals surface area contributed by atoms with Gasteiger partial charge in [-0.2, -0.15) is 5.10 Å². The molecule has 1 amide bonds. The Balaban J connectivity index is 1.98. The number of rotatable bonds is 5. The number of hydrogen-bond acceptors (Lipinski definition) is 7. The van der Waals surface area contributed by atoms with Crippen molar-refractivity contribution in [1.82, 2.24) is 9.55 Å². The lowest BCUT2D eigenvalue weighted by Gasteiger charge is -2.09. The molecule has 0 fully saturated rings. The highest BCUT2D eigenvalue weighted by molar-refractivity contribution is 7.71. The minimum absolute atomic E-state index is 0.0690. The molecule has 10 heteroatoms. The Morgan fingerprint density at radius 1 is 1.33 bits per heavy atom. The fourth-order valence-electron chi connectivity index (χ4n) is 2.67. The molecule has 2 heterocycles. The minimum atomic E-state index is -0.606. The van der Waals surface area contributed by atoms with Crippen LogP contribution in [-0.2, 0) is 16.1 Å². The number of benzene rings is 1. The molecule has 2 N–H and O–H groups in total. The van der Waals surface area contributed by atoms with Crippen LogP contribution in [-0.4, -0.2) is 53.3 Å². The van der Waals surface area contributed by atoms with E-state index in [0.717, 1.165) is 11.9 Å². The van der Waals surface area contributed by atoms with Crippen molar-refractivity contribution in [3.63, 3.8) is 0 Å². The molecular formula is C17H17N5O4S. The summed E-state index contributed by atoms with van der Waals surface area (Å²) in [5, 5.41) is 18.1. The van der Waals surface area contributed by atoms with Crippen LogP contribution < -0.4 is 10.5 Å². The number of carbonyl (C=O) groups is 1. The van der Waals surface area contributed by atoms with E-state index in [1.807, 2.05) is 6.07 Å². The first-order valence-corrected chi connectivity index (χ1v) is 8.40. The van der Waals surface area contributed by atoms with E-state index in [0.29, 0.717) is 12.2 Å². The molecule has 0 saturated carbocycles. The SMILES string of the molecule is COCCn1c(O)c(C=NN=C2C(=O)N(C)c3ccccc32)c(=O)[nH]c1=S. The van der Waals surface area contributed by atoms with E-state index in [2.05, 4.69) is 15.2 Å². The summed E-state index contributed by atoms with van der Waals surface area (Å²) >= 11 is 5.04. The summed E-state index contributed by atoms with van der Waals surface area (Å²) in [5.74, 6) is -0.650. The van der Waals surface area contributed by atoms with Gasteiger partial charge in [0.1, 0.15) is 5.56 Å². The van der Waals surface area contributed by atoms with E-state index in [4.69, 9.17) is 17.0 Å². The molecule has 1 aliphatic heterocycles. The number of anilines is 1. The molecule has 0 saturated heterocycles. The van der Waals surface area contributed by atoms with Crippen LogP contribution in [0.1, 0.15) is 11.1 Å². The summed E-state index contributed by atoms with van der Waals surface area (Å²) < 4.78 is 6.35. The maximum absolute atomic E-state index is 12.3. The van der Waals surface area contributed by atoms with Crippen LogP contribution in [0.4, 0.5) is 5.69 Å². The number of amides is 1. The smallest absolute Gasteiger partial charge is 0.279 e. The normalized spacial score (nSPS) is 15.1. The van der Waals surface area contributed by atoms with E-state index in [-0.39, 0.29) is 34.4 Å². The van der Waals surface area contributed by atoms with E-state index in [9.17, 15) is 14.7 Å². The summed E-state index contributed by atoms with van der Waals surface area (Å²) in [4.78, 5) is 28.3. The Labute approximate surface area is 159 Å². The molecule has 0 spiro atoms. The first-order chi connectivity index (χ1) is 13.0. The molecule has 3 rings (SSSR count). The Hall–Kier alpha value is -3.11. The van der Waals surface area contributed by atoms with Gasteiger partial charge in [0, 0.05) is 19.7 Å². The topological polar surface area (TPSA) is 112 Å². The van der Waals surface area contributed by atoms with Crippen LogP contribution in [0.15, 0.2) is 39.3 Å². The summed E-state index contributed by atoms with van der Waals surface area (Å²) in [6, 6.07) is 7.18. The molecule has 1 aliphatic rings. The zero-order chi connectivity index (χ0) is 19.6. The number of methoxy groups -OCH3 is 1.